The molecule has 0 aliphatic carbocycles. The molecule has 0 spiro atoms. The SMILES string of the molecule is C=CNC1=CC(N)=Nc2cccc(c2)OCC(=O)NCCCCCOc2cccc(c2)N1. The summed E-state index contributed by atoms with van der Waals surface area (Å²) in [5.41, 5.74) is 7.58. The van der Waals surface area contributed by atoms with Crippen LogP contribution < -0.4 is 31.2 Å². The molecule has 0 saturated heterocycles. The molecule has 2 aromatic carbocycles. The maximum atomic E-state index is 12.0. The second-order valence-electron chi connectivity index (χ2n) is 7.14. The molecule has 1 aliphatic heterocycles. The van der Waals surface area contributed by atoms with Crippen LogP contribution in [0, 0.1) is 0 Å². The lowest BCUT2D eigenvalue weighted by Crippen LogP contribution is -2.29. The summed E-state index contributed by atoms with van der Waals surface area (Å²) in [4.78, 5) is 16.4. The Balaban J connectivity index is 1.84. The van der Waals surface area contributed by atoms with Gasteiger partial charge in [0, 0.05) is 30.4 Å². The number of benzene rings is 2. The standard InChI is InChI=1S/C24H29N5O3/c1-2-26-23-16-22(25)28-18-8-6-11-21(14-18)32-17-24(30)27-12-4-3-5-13-31-20-10-7-9-19(15-20)29-23/h2,6-11,14-16,26,29H,1,3-5,12-13,17H2,(H2,25,28)(H,27,30). The van der Waals surface area contributed by atoms with E-state index < -0.39 is 0 Å². The summed E-state index contributed by atoms with van der Waals surface area (Å²) in [5.74, 6) is 2.03. The van der Waals surface area contributed by atoms with Crippen molar-refractivity contribution in [2.75, 3.05) is 25.1 Å². The second kappa shape index (κ2) is 12.0. The van der Waals surface area contributed by atoms with Crippen LogP contribution in [0.2, 0.25) is 0 Å². The Labute approximate surface area is 188 Å². The number of nitrogens with zero attached hydrogens (tertiary/aromatic N) is 1. The highest BCUT2D eigenvalue weighted by Crippen LogP contribution is 2.21. The third-order valence-electron chi connectivity index (χ3n) is 4.52. The molecule has 0 atom stereocenters. The molecule has 0 unspecified atom stereocenters. The average molecular weight is 436 g/mol. The molecule has 1 heterocycles. The predicted molar refractivity (Wildman–Crippen MR) is 127 cm³/mol. The Bertz CT molecular complexity index is 987. The fourth-order valence-electron chi connectivity index (χ4n) is 3.04. The molecule has 1 aliphatic rings. The molecule has 168 valence electrons. The summed E-state index contributed by atoms with van der Waals surface area (Å²) in [6.07, 6.45) is 5.94. The summed E-state index contributed by atoms with van der Waals surface area (Å²) in [6.45, 7) is 4.86. The van der Waals surface area contributed by atoms with Gasteiger partial charge in [0.25, 0.3) is 5.91 Å². The molecule has 2 aromatic rings. The number of amides is 1. The predicted octanol–water partition coefficient (Wildman–Crippen LogP) is 3.42. The van der Waals surface area contributed by atoms with E-state index in [0.29, 0.717) is 30.4 Å². The van der Waals surface area contributed by atoms with Gasteiger partial charge in [-0.3, -0.25) is 4.79 Å². The summed E-state index contributed by atoms with van der Waals surface area (Å²) >= 11 is 0. The maximum absolute atomic E-state index is 12.0. The fourth-order valence-corrected chi connectivity index (χ4v) is 3.04. The van der Waals surface area contributed by atoms with Crippen LogP contribution in [-0.4, -0.2) is 31.5 Å². The Morgan fingerprint density at radius 2 is 1.88 bits per heavy atom. The van der Waals surface area contributed by atoms with Crippen molar-refractivity contribution in [3.63, 3.8) is 0 Å². The molecule has 1 amide bonds. The number of anilines is 1. The zero-order valence-electron chi connectivity index (χ0n) is 18.0. The van der Waals surface area contributed by atoms with Crippen molar-refractivity contribution in [2.45, 2.75) is 19.3 Å². The summed E-state index contributed by atoms with van der Waals surface area (Å²) in [6, 6.07) is 14.8. The van der Waals surface area contributed by atoms with Gasteiger partial charge < -0.3 is 31.2 Å². The van der Waals surface area contributed by atoms with Gasteiger partial charge in [0.05, 0.1) is 12.3 Å². The van der Waals surface area contributed by atoms with Crippen LogP contribution in [0.25, 0.3) is 0 Å². The third-order valence-corrected chi connectivity index (χ3v) is 4.52. The molecule has 0 aromatic heterocycles. The molecule has 8 nitrogen and oxygen atoms in total. The minimum Gasteiger partial charge on any atom is -0.494 e. The van der Waals surface area contributed by atoms with Crippen LogP contribution in [0.4, 0.5) is 11.4 Å². The van der Waals surface area contributed by atoms with Gasteiger partial charge in [-0.05, 0) is 49.7 Å². The first-order chi connectivity index (χ1) is 15.6. The highest BCUT2D eigenvalue weighted by molar-refractivity contribution is 5.94. The van der Waals surface area contributed by atoms with Crippen molar-refractivity contribution in [1.29, 1.82) is 0 Å². The Kier molecular flexibility index (Phi) is 8.56. The molecule has 4 bridgehead atoms. The van der Waals surface area contributed by atoms with E-state index in [1.807, 2.05) is 24.3 Å². The number of ether oxygens (including phenoxy) is 2. The number of carbonyl (C=O) groups is 1. The van der Waals surface area contributed by atoms with Gasteiger partial charge in [-0.2, -0.15) is 0 Å². The van der Waals surface area contributed by atoms with E-state index in [2.05, 4.69) is 27.5 Å². The monoisotopic (exact) mass is 435 g/mol. The van der Waals surface area contributed by atoms with Crippen molar-refractivity contribution in [3.8, 4) is 11.5 Å². The van der Waals surface area contributed by atoms with Crippen LogP contribution in [0.1, 0.15) is 19.3 Å². The van der Waals surface area contributed by atoms with Gasteiger partial charge in [0.15, 0.2) is 6.61 Å². The lowest BCUT2D eigenvalue weighted by Gasteiger charge is -2.13. The van der Waals surface area contributed by atoms with E-state index in [9.17, 15) is 4.79 Å². The number of amidine groups is 1. The van der Waals surface area contributed by atoms with E-state index in [4.69, 9.17) is 15.2 Å². The van der Waals surface area contributed by atoms with Crippen molar-refractivity contribution >= 4 is 23.1 Å². The van der Waals surface area contributed by atoms with Crippen molar-refractivity contribution in [3.05, 3.63) is 73.2 Å². The second-order valence-corrected chi connectivity index (χ2v) is 7.14. The molecule has 3 rings (SSSR count). The van der Waals surface area contributed by atoms with Crippen LogP contribution in [0.3, 0.4) is 0 Å². The minimum atomic E-state index is -0.161. The van der Waals surface area contributed by atoms with Gasteiger partial charge in [0.1, 0.15) is 23.2 Å². The van der Waals surface area contributed by atoms with Crippen LogP contribution in [-0.2, 0) is 4.79 Å². The number of aliphatic imine (C=N–C) groups is 1. The van der Waals surface area contributed by atoms with E-state index in [1.54, 1.807) is 36.5 Å². The van der Waals surface area contributed by atoms with Crippen molar-refractivity contribution < 1.29 is 14.3 Å². The van der Waals surface area contributed by atoms with Crippen LogP contribution in [0.15, 0.2) is 78.2 Å². The van der Waals surface area contributed by atoms with Gasteiger partial charge in [0.2, 0.25) is 0 Å². The molecule has 0 saturated carbocycles. The van der Waals surface area contributed by atoms with Gasteiger partial charge >= 0.3 is 0 Å². The van der Waals surface area contributed by atoms with Crippen molar-refractivity contribution in [1.82, 2.24) is 10.6 Å². The maximum Gasteiger partial charge on any atom is 0.257 e. The zero-order valence-corrected chi connectivity index (χ0v) is 18.0. The van der Waals surface area contributed by atoms with E-state index in [0.717, 1.165) is 30.7 Å². The van der Waals surface area contributed by atoms with Crippen LogP contribution in [0.5, 0.6) is 11.5 Å². The number of hydrogen-bond donors (Lipinski definition) is 4. The topological polar surface area (TPSA) is 110 Å². The fraction of sp³-hybridized carbons (Fsp3) is 0.250. The van der Waals surface area contributed by atoms with Crippen LogP contribution >= 0.6 is 0 Å². The smallest absolute Gasteiger partial charge is 0.257 e. The molecule has 0 fully saturated rings. The quantitative estimate of drug-likeness (QED) is 0.575. The first-order valence-electron chi connectivity index (χ1n) is 10.5. The Morgan fingerprint density at radius 1 is 1.06 bits per heavy atom. The van der Waals surface area contributed by atoms with E-state index >= 15 is 0 Å². The summed E-state index contributed by atoms with van der Waals surface area (Å²) < 4.78 is 11.4. The summed E-state index contributed by atoms with van der Waals surface area (Å²) in [7, 11) is 0. The average Bonchev–Trinajstić information content (AvgIpc) is 2.77. The van der Waals surface area contributed by atoms with Gasteiger partial charge in [-0.15, -0.1) is 0 Å². The largest absolute Gasteiger partial charge is 0.494 e. The van der Waals surface area contributed by atoms with Crippen molar-refractivity contribution in [2.24, 2.45) is 10.7 Å². The Morgan fingerprint density at radius 3 is 2.72 bits per heavy atom. The number of rotatable bonds is 2. The Hall–Kier alpha value is -3.94. The van der Waals surface area contributed by atoms with E-state index in [1.165, 1.54) is 0 Å². The number of carbonyl (C=O) groups excluding carboxylic acids is 1. The summed E-state index contributed by atoms with van der Waals surface area (Å²) in [5, 5.41) is 9.15. The lowest BCUT2D eigenvalue weighted by molar-refractivity contribution is -0.123. The minimum absolute atomic E-state index is 0.0570. The van der Waals surface area contributed by atoms with E-state index in [-0.39, 0.29) is 18.3 Å². The highest BCUT2D eigenvalue weighted by Gasteiger charge is 2.05. The van der Waals surface area contributed by atoms with Gasteiger partial charge in [-0.1, -0.05) is 18.7 Å². The molecular formula is C24H29N5O3. The highest BCUT2D eigenvalue weighted by atomic mass is 16.5. The number of hydrogen-bond acceptors (Lipinski definition) is 7. The third kappa shape index (κ3) is 7.71. The molecule has 5 N–H and O–H groups in total. The molecular weight excluding hydrogens is 406 g/mol. The first-order valence-corrected chi connectivity index (χ1v) is 10.5. The number of nitrogens with two attached hydrogens (primary N) is 1. The molecule has 32 heavy (non-hydrogen) atoms. The number of fused-ring (bicyclic) bond motifs is 4. The number of nitrogens with one attached hydrogen (secondary N) is 3. The normalized spacial score (nSPS) is 15.8. The molecule has 8 heteroatoms. The first kappa shape index (κ1) is 22.7. The van der Waals surface area contributed by atoms with Gasteiger partial charge in [-0.25, -0.2) is 4.99 Å². The lowest BCUT2D eigenvalue weighted by atomic mass is 10.2. The zero-order chi connectivity index (χ0) is 22.6. The molecule has 0 radical (unpaired) electrons.